The lowest BCUT2D eigenvalue weighted by Gasteiger charge is -2.14. The second-order valence-corrected chi connectivity index (χ2v) is 8.33. The number of carbonyl (C=O) groups is 1. The summed E-state index contributed by atoms with van der Waals surface area (Å²) in [5, 5.41) is 19.5. The first-order chi connectivity index (χ1) is 13.4. The highest BCUT2D eigenvalue weighted by atomic mass is 79.9. The molecule has 0 spiro atoms. The summed E-state index contributed by atoms with van der Waals surface area (Å²) in [6.07, 6.45) is 4.70. The molecule has 1 aromatic carbocycles. The standard InChI is InChI=1S/C17H12Br2ClN5O2S/c1-28-13-6-10(18)5-9(8-22-27)15(13)23-17(26)12-7-14(19)24-25(12)16-11(20)3-2-4-21-16/h2-8,27H,1H3,(H,23,26). The molecule has 2 N–H and O–H groups in total. The van der Waals surface area contributed by atoms with Gasteiger partial charge >= 0.3 is 0 Å². The Morgan fingerprint density at radius 1 is 1.39 bits per heavy atom. The summed E-state index contributed by atoms with van der Waals surface area (Å²) >= 11 is 14.4. The number of amides is 1. The number of aromatic nitrogens is 3. The van der Waals surface area contributed by atoms with Crippen LogP contribution in [0, 0.1) is 0 Å². The fourth-order valence-corrected chi connectivity index (χ4v) is 4.27. The molecule has 0 unspecified atom stereocenters. The average molecular weight is 546 g/mol. The van der Waals surface area contributed by atoms with Crippen LogP contribution in [-0.2, 0) is 0 Å². The number of hydrogen-bond acceptors (Lipinski definition) is 6. The van der Waals surface area contributed by atoms with Crippen LogP contribution in [-0.4, -0.2) is 38.3 Å². The Bertz CT molecular complexity index is 1070. The van der Waals surface area contributed by atoms with E-state index in [4.69, 9.17) is 16.8 Å². The number of nitrogens with one attached hydrogen (secondary N) is 1. The number of anilines is 1. The SMILES string of the molecule is CSc1cc(Br)cc(C=NO)c1NC(=O)c1cc(Br)nn1-c1ncccc1Cl. The summed E-state index contributed by atoms with van der Waals surface area (Å²) in [4.78, 5) is 18.0. The van der Waals surface area contributed by atoms with Gasteiger partial charge in [0, 0.05) is 27.2 Å². The van der Waals surface area contributed by atoms with Crippen molar-refractivity contribution in [2.45, 2.75) is 4.90 Å². The molecule has 1 amide bonds. The molecular formula is C17H12Br2ClN5O2S. The lowest BCUT2D eigenvalue weighted by Crippen LogP contribution is -2.19. The van der Waals surface area contributed by atoms with E-state index in [1.165, 1.54) is 22.7 Å². The number of nitrogens with zero attached hydrogens (tertiary/aromatic N) is 4. The number of thioether (sulfide) groups is 1. The third-order valence-electron chi connectivity index (χ3n) is 3.60. The summed E-state index contributed by atoms with van der Waals surface area (Å²) in [7, 11) is 0. The van der Waals surface area contributed by atoms with E-state index in [1.807, 2.05) is 12.3 Å². The van der Waals surface area contributed by atoms with Crippen LogP contribution in [0.4, 0.5) is 5.69 Å². The molecule has 0 fully saturated rings. The zero-order valence-corrected chi connectivity index (χ0v) is 19.0. The Labute approximate surface area is 186 Å². The lowest BCUT2D eigenvalue weighted by atomic mass is 10.2. The van der Waals surface area contributed by atoms with Crippen LogP contribution >= 0.6 is 55.2 Å². The van der Waals surface area contributed by atoms with Crippen molar-refractivity contribution in [1.29, 1.82) is 0 Å². The van der Waals surface area contributed by atoms with Crippen molar-refractivity contribution >= 4 is 73.0 Å². The fourth-order valence-electron chi connectivity index (χ4n) is 2.45. The molecule has 0 atom stereocenters. The van der Waals surface area contributed by atoms with E-state index >= 15 is 0 Å². The summed E-state index contributed by atoms with van der Waals surface area (Å²) in [6.45, 7) is 0. The summed E-state index contributed by atoms with van der Waals surface area (Å²) in [6, 6.07) is 8.52. The van der Waals surface area contributed by atoms with Crippen LogP contribution in [0.2, 0.25) is 5.02 Å². The molecule has 0 bridgehead atoms. The monoisotopic (exact) mass is 543 g/mol. The third kappa shape index (κ3) is 4.40. The fraction of sp³-hybridized carbons (Fsp3) is 0.0588. The number of rotatable bonds is 5. The van der Waals surface area contributed by atoms with Gasteiger partial charge in [0.05, 0.1) is 16.9 Å². The predicted octanol–water partition coefficient (Wildman–Crippen LogP) is 5.23. The Hall–Kier alpha value is -1.88. The molecule has 11 heteroatoms. The average Bonchev–Trinajstić information content (AvgIpc) is 3.05. The highest BCUT2D eigenvalue weighted by molar-refractivity contribution is 9.10. The quantitative estimate of drug-likeness (QED) is 0.198. The zero-order valence-electron chi connectivity index (χ0n) is 14.2. The first-order valence-corrected chi connectivity index (χ1v) is 10.9. The number of carbonyl (C=O) groups excluding carboxylic acids is 1. The summed E-state index contributed by atoms with van der Waals surface area (Å²) < 4.78 is 2.61. The summed E-state index contributed by atoms with van der Waals surface area (Å²) in [5.74, 6) is -0.0943. The molecule has 0 aliphatic heterocycles. The third-order valence-corrected chi connectivity index (χ3v) is 5.51. The first-order valence-electron chi connectivity index (χ1n) is 7.67. The van der Waals surface area contributed by atoms with Gasteiger partial charge in [-0.15, -0.1) is 11.8 Å². The van der Waals surface area contributed by atoms with Crippen LogP contribution in [0.15, 0.2) is 55.7 Å². The van der Waals surface area contributed by atoms with Gasteiger partial charge in [-0.3, -0.25) is 4.79 Å². The molecule has 7 nitrogen and oxygen atoms in total. The zero-order chi connectivity index (χ0) is 20.3. The predicted molar refractivity (Wildman–Crippen MR) is 117 cm³/mol. The lowest BCUT2D eigenvalue weighted by molar-refractivity contribution is 0.101. The van der Waals surface area contributed by atoms with Crippen LogP contribution in [0.25, 0.3) is 5.82 Å². The highest BCUT2D eigenvalue weighted by Gasteiger charge is 2.21. The van der Waals surface area contributed by atoms with Crippen molar-refractivity contribution in [2.75, 3.05) is 11.6 Å². The van der Waals surface area contributed by atoms with Crippen molar-refractivity contribution in [1.82, 2.24) is 14.8 Å². The Morgan fingerprint density at radius 2 is 2.18 bits per heavy atom. The van der Waals surface area contributed by atoms with Crippen molar-refractivity contribution in [3.8, 4) is 5.82 Å². The van der Waals surface area contributed by atoms with Gasteiger partial charge in [0.1, 0.15) is 10.3 Å². The van der Waals surface area contributed by atoms with Crippen molar-refractivity contribution in [3.05, 3.63) is 61.9 Å². The maximum absolute atomic E-state index is 13.1. The Balaban J connectivity index is 2.05. The molecule has 2 aromatic heterocycles. The van der Waals surface area contributed by atoms with Crippen LogP contribution in [0.5, 0.6) is 0 Å². The topological polar surface area (TPSA) is 92.4 Å². The number of pyridine rings is 1. The highest BCUT2D eigenvalue weighted by Crippen LogP contribution is 2.33. The van der Waals surface area contributed by atoms with Gasteiger partial charge < -0.3 is 10.5 Å². The van der Waals surface area contributed by atoms with Gasteiger partial charge in [-0.05, 0) is 46.5 Å². The molecule has 0 radical (unpaired) electrons. The van der Waals surface area contributed by atoms with Gasteiger partial charge in [0.2, 0.25) is 0 Å². The van der Waals surface area contributed by atoms with Crippen molar-refractivity contribution in [3.63, 3.8) is 0 Å². The molecule has 144 valence electrons. The smallest absolute Gasteiger partial charge is 0.274 e. The number of hydrogen-bond donors (Lipinski definition) is 2. The van der Waals surface area contributed by atoms with E-state index in [-0.39, 0.29) is 5.69 Å². The Morgan fingerprint density at radius 3 is 2.86 bits per heavy atom. The number of oxime groups is 1. The van der Waals surface area contributed by atoms with E-state index in [0.29, 0.717) is 26.7 Å². The van der Waals surface area contributed by atoms with E-state index in [2.05, 4.69) is 52.4 Å². The van der Waals surface area contributed by atoms with E-state index < -0.39 is 5.91 Å². The van der Waals surface area contributed by atoms with Crippen molar-refractivity contribution in [2.24, 2.45) is 5.16 Å². The normalized spacial score (nSPS) is 11.1. The minimum atomic E-state index is -0.426. The summed E-state index contributed by atoms with van der Waals surface area (Å²) in [5.41, 5.74) is 1.28. The van der Waals surface area contributed by atoms with Gasteiger partial charge in [-0.1, -0.05) is 32.7 Å². The van der Waals surface area contributed by atoms with Crippen molar-refractivity contribution < 1.29 is 10.0 Å². The molecular weight excluding hydrogens is 534 g/mol. The van der Waals surface area contributed by atoms with Gasteiger partial charge in [0.25, 0.3) is 5.91 Å². The second kappa shape index (κ2) is 9.08. The van der Waals surface area contributed by atoms with Crippen LogP contribution < -0.4 is 5.32 Å². The molecule has 0 saturated carbocycles. The minimum Gasteiger partial charge on any atom is -0.411 e. The van der Waals surface area contributed by atoms with Gasteiger partial charge in [-0.25, -0.2) is 9.67 Å². The molecule has 2 heterocycles. The van der Waals surface area contributed by atoms with Crippen LogP contribution in [0.1, 0.15) is 16.1 Å². The molecule has 0 saturated heterocycles. The maximum atomic E-state index is 13.1. The largest absolute Gasteiger partial charge is 0.411 e. The number of benzene rings is 1. The number of halogens is 3. The van der Waals surface area contributed by atoms with E-state index in [9.17, 15) is 4.79 Å². The second-order valence-electron chi connectivity index (χ2n) is 5.34. The molecule has 3 aromatic rings. The van der Waals surface area contributed by atoms with Gasteiger partial charge in [-0.2, -0.15) is 5.10 Å². The Kier molecular flexibility index (Phi) is 6.76. The molecule has 0 aliphatic carbocycles. The first kappa shape index (κ1) is 20.8. The molecule has 3 rings (SSSR count). The van der Waals surface area contributed by atoms with Gasteiger partial charge in [0.15, 0.2) is 5.82 Å². The van der Waals surface area contributed by atoms with E-state index in [1.54, 1.807) is 30.5 Å². The minimum absolute atomic E-state index is 0.231. The van der Waals surface area contributed by atoms with E-state index in [0.717, 1.165) is 9.37 Å². The van der Waals surface area contributed by atoms with Crippen LogP contribution in [0.3, 0.4) is 0 Å². The molecule has 0 aliphatic rings. The molecule has 28 heavy (non-hydrogen) atoms. The maximum Gasteiger partial charge on any atom is 0.274 e.